The summed E-state index contributed by atoms with van der Waals surface area (Å²) in [6.07, 6.45) is 46.0. The Labute approximate surface area is 520 Å². The monoisotopic (exact) mass is 1190 g/mol. The molecule has 2 unspecified atom stereocenters. The van der Waals surface area contributed by atoms with Crippen molar-refractivity contribution >= 4 is 11.9 Å². The molecule has 0 spiro atoms. The lowest BCUT2D eigenvalue weighted by Crippen LogP contribution is -2.37. The van der Waals surface area contributed by atoms with Crippen molar-refractivity contribution in [1.29, 1.82) is 0 Å². The van der Waals surface area contributed by atoms with Crippen molar-refractivity contribution in [2.45, 2.75) is 289 Å². The summed E-state index contributed by atoms with van der Waals surface area (Å²) >= 11 is 0. The van der Waals surface area contributed by atoms with Crippen LogP contribution < -0.4 is 0 Å². The first-order valence-electron chi connectivity index (χ1n) is 35.1. The molecular weight excluding hydrogens is 1060 g/mol. The molecule has 0 radical (unpaired) electrons. The van der Waals surface area contributed by atoms with Gasteiger partial charge < -0.3 is 38.3 Å². The molecule has 0 fully saturated rings. The highest BCUT2D eigenvalue weighted by Gasteiger charge is 2.38. The summed E-state index contributed by atoms with van der Waals surface area (Å²) in [5.41, 5.74) is 2.44. The molecule has 0 bridgehead atoms. The Morgan fingerprint density at radius 2 is 0.635 bits per heavy atom. The average molecular weight is 1190 g/mol. The van der Waals surface area contributed by atoms with Gasteiger partial charge in [0.15, 0.2) is 0 Å². The van der Waals surface area contributed by atoms with Crippen LogP contribution in [0.1, 0.15) is 288 Å². The highest BCUT2D eigenvalue weighted by atomic mass is 16.6. The van der Waals surface area contributed by atoms with Gasteiger partial charge in [-0.25, -0.2) is 0 Å². The molecule has 0 aliphatic carbocycles. The number of carbonyl (C=O) groups is 2. The van der Waals surface area contributed by atoms with E-state index in [-0.39, 0.29) is 30.8 Å². The Balaban J connectivity index is 0.000000646. The fourth-order valence-corrected chi connectivity index (χ4v) is 10.9. The molecule has 0 amide bonds. The molecule has 10 heteroatoms. The molecule has 3 rings (SSSR count). The van der Waals surface area contributed by atoms with Gasteiger partial charge in [-0.05, 0) is 69.1 Å². The number of ether oxygens (including phenoxy) is 7. The SMILES string of the molecule is CCCCCCCCCCCCCCCCOCC(CO)OCCCCCCC(=O)OCC.CCCCCCCCCCCCCCCCOCC(COC(c1ccccc1)(c1ccccc1)c1ccccc1)OCCCCCCC(=O)OCC. The number of rotatable bonds is 59. The maximum atomic E-state index is 11.7. The van der Waals surface area contributed by atoms with Crippen molar-refractivity contribution in [2.24, 2.45) is 0 Å². The first kappa shape index (κ1) is 77.5. The Hall–Kier alpha value is -3.64. The smallest absolute Gasteiger partial charge is 0.305 e. The molecule has 0 aromatic heterocycles. The van der Waals surface area contributed by atoms with Gasteiger partial charge in [0.2, 0.25) is 0 Å². The molecule has 3 aromatic carbocycles. The molecule has 0 aliphatic rings. The van der Waals surface area contributed by atoms with E-state index in [9.17, 15) is 14.7 Å². The van der Waals surface area contributed by atoms with Crippen LogP contribution in [-0.2, 0) is 48.3 Å². The van der Waals surface area contributed by atoms with Gasteiger partial charge in [-0.1, -0.05) is 297 Å². The number of hydrogen-bond acceptors (Lipinski definition) is 10. The standard InChI is InChI=1S/C47H70O5.C28H56O5/c1-3-5-6-7-8-9-10-11-12-13-14-15-17-29-38-49-40-45(51-39-30-18-16-28-37-46(48)50-4-2)41-52-47(42-31-22-19-23-32-42,43-33-24-20-25-34-43)44-35-26-21-27-36-44;1-3-5-6-7-8-9-10-11-12-13-14-15-17-20-23-31-26-27(25-29)33-24-21-18-16-19-22-28(30)32-4-2/h19-27,31-36,45H,3-18,28-30,37-41H2,1-2H3;27,29H,3-26H2,1-2H3. The summed E-state index contributed by atoms with van der Waals surface area (Å²) in [5, 5.41) is 9.45. The Kier molecular flexibility index (Phi) is 52.9. The fraction of sp³-hybridized carbons (Fsp3) is 0.733. The Morgan fingerprint density at radius 3 is 0.953 bits per heavy atom. The number of aliphatic hydroxyl groups is 1. The van der Waals surface area contributed by atoms with Crippen molar-refractivity contribution in [1.82, 2.24) is 0 Å². The molecule has 0 saturated heterocycles. The predicted octanol–water partition coefficient (Wildman–Crippen LogP) is 19.8. The Bertz CT molecular complexity index is 1770. The molecule has 3 aromatic rings. The second kappa shape index (κ2) is 58.1. The van der Waals surface area contributed by atoms with E-state index in [1.54, 1.807) is 0 Å². The zero-order valence-electron chi connectivity index (χ0n) is 54.9. The average Bonchev–Trinajstić information content (AvgIpc) is 1.43. The number of aliphatic hydroxyl groups excluding tert-OH is 1. The number of unbranched alkanes of at least 4 members (excludes halogenated alkanes) is 32. The van der Waals surface area contributed by atoms with Gasteiger partial charge in [0, 0.05) is 39.3 Å². The topological polar surface area (TPSA) is 119 Å². The van der Waals surface area contributed by atoms with Gasteiger partial charge in [-0.15, -0.1) is 0 Å². The summed E-state index contributed by atoms with van der Waals surface area (Å²) in [6.45, 7) is 13.3. The first-order valence-corrected chi connectivity index (χ1v) is 35.1. The number of esters is 2. The fourth-order valence-electron chi connectivity index (χ4n) is 10.9. The molecule has 486 valence electrons. The summed E-state index contributed by atoms with van der Waals surface area (Å²) in [6, 6.07) is 31.5. The second-order valence-corrected chi connectivity index (χ2v) is 23.5. The van der Waals surface area contributed by atoms with E-state index in [2.05, 4.69) is 86.6 Å². The molecule has 85 heavy (non-hydrogen) atoms. The third-order valence-electron chi connectivity index (χ3n) is 16.0. The van der Waals surface area contributed by atoms with Crippen LogP contribution in [0.25, 0.3) is 0 Å². The van der Waals surface area contributed by atoms with E-state index < -0.39 is 5.60 Å². The summed E-state index contributed by atoms with van der Waals surface area (Å²) in [5.74, 6) is -0.212. The number of benzene rings is 3. The van der Waals surface area contributed by atoms with Gasteiger partial charge in [-0.3, -0.25) is 9.59 Å². The first-order chi connectivity index (χ1) is 41.9. The lowest BCUT2D eigenvalue weighted by atomic mass is 9.80. The molecule has 1 N–H and O–H groups in total. The van der Waals surface area contributed by atoms with Crippen LogP contribution in [-0.4, -0.2) is 95.3 Å². The lowest BCUT2D eigenvalue weighted by Gasteiger charge is -2.37. The van der Waals surface area contributed by atoms with E-state index >= 15 is 0 Å². The van der Waals surface area contributed by atoms with E-state index in [4.69, 9.17) is 33.2 Å². The highest BCUT2D eigenvalue weighted by molar-refractivity contribution is 5.69. The highest BCUT2D eigenvalue weighted by Crippen LogP contribution is 2.40. The minimum atomic E-state index is -0.798. The molecule has 10 nitrogen and oxygen atoms in total. The van der Waals surface area contributed by atoms with Crippen LogP contribution in [0.2, 0.25) is 0 Å². The van der Waals surface area contributed by atoms with E-state index in [0.717, 1.165) is 94.1 Å². The third-order valence-corrected chi connectivity index (χ3v) is 16.0. The molecule has 2 atom stereocenters. The minimum Gasteiger partial charge on any atom is -0.466 e. The zero-order chi connectivity index (χ0) is 61.0. The van der Waals surface area contributed by atoms with Crippen LogP contribution in [0.4, 0.5) is 0 Å². The quantitative estimate of drug-likeness (QED) is 0.0332. The molecule has 0 aliphatic heterocycles. The number of carbonyl (C=O) groups excluding carboxylic acids is 2. The van der Waals surface area contributed by atoms with Crippen LogP contribution >= 0.6 is 0 Å². The van der Waals surface area contributed by atoms with Crippen molar-refractivity contribution in [3.8, 4) is 0 Å². The molecule has 0 heterocycles. The zero-order valence-corrected chi connectivity index (χ0v) is 54.9. The Morgan fingerprint density at radius 1 is 0.353 bits per heavy atom. The minimum absolute atomic E-state index is 0.00159. The molecular formula is C75H126O10. The summed E-state index contributed by atoms with van der Waals surface area (Å²) < 4.78 is 41.3. The number of hydrogen-bond donors (Lipinski definition) is 1. The van der Waals surface area contributed by atoms with Crippen molar-refractivity contribution in [3.63, 3.8) is 0 Å². The summed E-state index contributed by atoms with van der Waals surface area (Å²) in [7, 11) is 0. The van der Waals surface area contributed by atoms with Crippen molar-refractivity contribution in [3.05, 3.63) is 108 Å². The normalized spacial score (nSPS) is 12.2. The van der Waals surface area contributed by atoms with E-state index in [1.807, 2.05) is 32.0 Å². The van der Waals surface area contributed by atoms with Crippen LogP contribution in [0.3, 0.4) is 0 Å². The van der Waals surface area contributed by atoms with Crippen molar-refractivity contribution in [2.75, 3.05) is 66.1 Å². The van der Waals surface area contributed by atoms with Gasteiger partial charge in [0.25, 0.3) is 0 Å². The maximum Gasteiger partial charge on any atom is 0.305 e. The van der Waals surface area contributed by atoms with Crippen molar-refractivity contribution < 1.29 is 47.9 Å². The van der Waals surface area contributed by atoms with Gasteiger partial charge in [0.05, 0.1) is 39.6 Å². The predicted molar refractivity (Wildman–Crippen MR) is 353 cm³/mol. The third kappa shape index (κ3) is 42.0. The van der Waals surface area contributed by atoms with Gasteiger partial charge >= 0.3 is 11.9 Å². The second-order valence-electron chi connectivity index (χ2n) is 23.5. The van der Waals surface area contributed by atoms with Crippen LogP contribution in [0.5, 0.6) is 0 Å². The van der Waals surface area contributed by atoms with Crippen LogP contribution in [0, 0.1) is 0 Å². The van der Waals surface area contributed by atoms with Crippen LogP contribution in [0.15, 0.2) is 91.0 Å². The van der Waals surface area contributed by atoms with E-state index in [1.165, 1.54) is 167 Å². The van der Waals surface area contributed by atoms with Gasteiger partial charge in [0.1, 0.15) is 17.8 Å². The van der Waals surface area contributed by atoms with E-state index in [0.29, 0.717) is 59.1 Å². The summed E-state index contributed by atoms with van der Waals surface area (Å²) in [4.78, 5) is 23.0. The molecule has 0 saturated carbocycles. The lowest BCUT2D eigenvalue weighted by molar-refractivity contribution is -0.144. The largest absolute Gasteiger partial charge is 0.466 e. The van der Waals surface area contributed by atoms with Gasteiger partial charge in [-0.2, -0.15) is 0 Å². The maximum absolute atomic E-state index is 11.7.